The number of carboxylic acids is 1. The van der Waals surface area contributed by atoms with Crippen molar-refractivity contribution in [1.82, 2.24) is 0 Å². The monoisotopic (exact) mass is 375 g/mol. The summed E-state index contributed by atoms with van der Waals surface area (Å²) in [5, 5.41) is 18.4. The first-order valence-corrected chi connectivity index (χ1v) is 9.95. The predicted molar refractivity (Wildman–Crippen MR) is 95.4 cm³/mol. The molecular weight excluding hydrogens is 342 g/mol. The SMILES string of the molecule is CCCCC(F)(F)[C](O)CC[C@H]1CCC(=O)[C@@H]1CCCCCCC(=O)O. The van der Waals surface area contributed by atoms with Gasteiger partial charge in [-0.3, -0.25) is 9.59 Å². The molecule has 1 saturated carbocycles. The van der Waals surface area contributed by atoms with E-state index in [4.69, 9.17) is 5.11 Å². The molecule has 0 spiro atoms. The highest BCUT2D eigenvalue weighted by atomic mass is 19.3. The van der Waals surface area contributed by atoms with Crippen LogP contribution in [0, 0.1) is 17.9 Å². The zero-order valence-electron chi connectivity index (χ0n) is 15.8. The second-order valence-electron chi connectivity index (χ2n) is 7.51. The van der Waals surface area contributed by atoms with Crippen molar-refractivity contribution < 1.29 is 28.6 Å². The molecule has 0 aromatic carbocycles. The van der Waals surface area contributed by atoms with Crippen LogP contribution in [-0.4, -0.2) is 27.9 Å². The van der Waals surface area contributed by atoms with E-state index in [9.17, 15) is 23.5 Å². The van der Waals surface area contributed by atoms with Crippen LogP contribution >= 0.6 is 0 Å². The third-order valence-corrected chi connectivity index (χ3v) is 5.42. The summed E-state index contributed by atoms with van der Waals surface area (Å²) >= 11 is 0. The van der Waals surface area contributed by atoms with Gasteiger partial charge in [-0.05, 0) is 44.4 Å². The molecule has 0 saturated heterocycles. The van der Waals surface area contributed by atoms with E-state index in [0.717, 1.165) is 32.1 Å². The van der Waals surface area contributed by atoms with Gasteiger partial charge >= 0.3 is 5.97 Å². The number of Topliss-reactive ketones (excluding diaryl/α,β-unsaturated/α-hetero) is 1. The van der Waals surface area contributed by atoms with Crippen LogP contribution in [0.2, 0.25) is 0 Å². The van der Waals surface area contributed by atoms with Crippen LogP contribution in [0.3, 0.4) is 0 Å². The summed E-state index contributed by atoms with van der Waals surface area (Å²) in [6.07, 6.45) is 5.73. The Morgan fingerprint density at radius 2 is 1.77 bits per heavy atom. The van der Waals surface area contributed by atoms with Gasteiger partial charge in [0.15, 0.2) is 6.10 Å². The maximum Gasteiger partial charge on any atom is 0.303 e. The predicted octanol–water partition coefficient (Wildman–Crippen LogP) is 5.52. The number of aliphatic hydroxyl groups is 1. The molecule has 0 aromatic rings. The van der Waals surface area contributed by atoms with Gasteiger partial charge in [-0.25, -0.2) is 8.78 Å². The van der Waals surface area contributed by atoms with Crippen molar-refractivity contribution in [2.24, 2.45) is 11.8 Å². The summed E-state index contributed by atoms with van der Waals surface area (Å²) in [5.41, 5.74) is 0. The van der Waals surface area contributed by atoms with Gasteiger partial charge in [-0.1, -0.05) is 32.6 Å². The number of carboxylic acid groups (broad SMARTS) is 1. The number of aliphatic carboxylic acids is 1. The van der Waals surface area contributed by atoms with Crippen molar-refractivity contribution in [2.45, 2.75) is 96.3 Å². The number of alkyl halides is 2. The third kappa shape index (κ3) is 8.11. The van der Waals surface area contributed by atoms with Crippen molar-refractivity contribution in [3.63, 3.8) is 0 Å². The van der Waals surface area contributed by atoms with Crippen LogP contribution in [0.5, 0.6) is 0 Å². The van der Waals surface area contributed by atoms with Crippen LogP contribution in [0.25, 0.3) is 0 Å². The summed E-state index contributed by atoms with van der Waals surface area (Å²) in [6.45, 7) is 1.84. The van der Waals surface area contributed by atoms with Gasteiger partial charge in [-0.15, -0.1) is 0 Å². The van der Waals surface area contributed by atoms with Gasteiger partial charge in [0.1, 0.15) is 5.78 Å². The lowest BCUT2D eigenvalue weighted by molar-refractivity contribution is -0.137. The first-order chi connectivity index (χ1) is 12.3. The molecule has 1 fully saturated rings. The molecule has 2 atom stereocenters. The van der Waals surface area contributed by atoms with E-state index in [0.29, 0.717) is 32.1 Å². The Bertz CT molecular complexity index is 440. The average Bonchev–Trinajstić information content (AvgIpc) is 2.93. The molecule has 1 aliphatic rings. The molecule has 0 heterocycles. The molecule has 0 aromatic heterocycles. The van der Waals surface area contributed by atoms with Gasteiger partial charge in [0.2, 0.25) is 0 Å². The lowest BCUT2D eigenvalue weighted by atomic mass is 9.85. The molecule has 4 nitrogen and oxygen atoms in total. The van der Waals surface area contributed by atoms with Gasteiger partial charge in [0.25, 0.3) is 5.92 Å². The molecule has 0 amide bonds. The standard InChI is InChI=1S/C20H33F2O4/c1-2-3-14-20(21,22)18(24)13-11-15-10-12-17(23)16(15)8-6-4-5-7-9-19(25)26/h15-16,24H,2-14H2,1H3,(H,25,26)/t15-,16-/m1/s1. The number of aliphatic hydroxyl groups excluding tert-OH is 1. The molecule has 0 bridgehead atoms. The summed E-state index contributed by atoms with van der Waals surface area (Å²) in [6, 6.07) is 0. The Balaban J connectivity index is 2.33. The number of carbonyl (C=O) groups is 2. The fourth-order valence-corrected chi connectivity index (χ4v) is 3.76. The van der Waals surface area contributed by atoms with E-state index in [1.165, 1.54) is 0 Å². The van der Waals surface area contributed by atoms with E-state index in [-0.39, 0.29) is 36.9 Å². The number of rotatable bonds is 14. The Morgan fingerprint density at radius 1 is 1.08 bits per heavy atom. The van der Waals surface area contributed by atoms with Crippen molar-refractivity contribution in [2.75, 3.05) is 0 Å². The zero-order chi connectivity index (χ0) is 19.6. The minimum Gasteiger partial charge on any atom is -0.481 e. The Kier molecular flexibility index (Phi) is 10.3. The Hall–Kier alpha value is -1.04. The fraction of sp³-hybridized carbons (Fsp3) is 0.850. The molecule has 1 radical (unpaired) electrons. The van der Waals surface area contributed by atoms with Gasteiger partial charge < -0.3 is 10.2 Å². The van der Waals surface area contributed by atoms with Crippen LogP contribution < -0.4 is 0 Å². The second kappa shape index (κ2) is 11.6. The molecule has 1 rings (SSSR count). The number of halogens is 2. The van der Waals surface area contributed by atoms with Crippen molar-refractivity contribution in [3.8, 4) is 0 Å². The Labute approximate surface area is 155 Å². The minimum atomic E-state index is -3.13. The molecule has 26 heavy (non-hydrogen) atoms. The number of hydrogen-bond donors (Lipinski definition) is 2. The molecule has 1 aliphatic carbocycles. The first-order valence-electron chi connectivity index (χ1n) is 9.95. The quantitative estimate of drug-likeness (QED) is 0.392. The minimum absolute atomic E-state index is 0.0379. The van der Waals surface area contributed by atoms with Crippen LogP contribution in [-0.2, 0) is 9.59 Å². The number of ketones is 1. The maximum atomic E-state index is 13.8. The average molecular weight is 375 g/mol. The Morgan fingerprint density at radius 3 is 2.42 bits per heavy atom. The van der Waals surface area contributed by atoms with Gasteiger partial charge in [0.05, 0.1) is 0 Å². The van der Waals surface area contributed by atoms with E-state index in [1.54, 1.807) is 0 Å². The van der Waals surface area contributed by atoms with Gasteiger partial charge in [-0.2, -0.15) is 0 Å². The lowest BCUT2D eigenvalue weighted by Gasteiger charge is -2.24. The van der Waals surface area contributed by atoms with Crippen molar-refractivity contribution in [3.05, 3.63) is 6.10 Å². The first kappa shape index (κ1) is 23.0. The summed E-state index contributed by atoms with van der Waals surface area (Å²) in [5.74, 6) is -3.73. The highest BCUT2D eigenvalue weighted by Gasteiger charge is 2.40. The van der Waals surface area contributed by atoms with E-state index in [1.807, 2.05) is 6.92 Å². The summed E-state index contributed by atoms with van der Waals surface area (Å²) in [4.78, 5) is 22.5. The highest BCUT2D eigenvalue weighted by molar-refractivity contribution is 5.83. The van der Waals surface area contributed by atoms with Crippen LogP contribution in [0.1, 0.15) is 90.4 Å². The summed E-state index contributed by atoms with van der Waals surface area (Å²) in [7, 11) is 0. The molecule has 0 unspecified atom stereocenters. The molecular formula is C20H33F2O4. The number of carbonyl (C=O) groups excluding carboxylic acids is 1. The molecule has 0 aliphatic heterocycles. The smallest absolute Gasteiger partial charge is 0.303 e. The normalized spacial score (nSPS) is 20.9. The van der Waals surface area contributed by atoms with Gasteiger partial charge in [0, 0.05) is 25.2 Å². The number of hydrogen-bond acceptors (Lipinski definition) is 3. The van der Waals surface area contributed by atoms with E-state index in [2.05, 4.69) is 0 Å². The largest absolute Gasteiger partial charge is 0.481 e. The topological polar surface area (TPSA) is 74.6 Å². The molecule has 151 valence electrons. The summed E-state index contributed by atoms with van der Waals surface area (Å²) < 4.78 is 27.7. The van der Waals surface area contributed by atoms with Crippen LogP contribution in [0.4, 0.5) is 8.78 Å². The zero-order valence-corrected chi connectivity index (χ0v) is 15.8. The molecule has 2 N–H and O–H groups in total. The molecule has 6 heteroatoms. The van der Waals surface area contributed by atoms with E-state index < -0.39 is 18.0 Å². The second-order valence-corrected chi connectivity index (χ2v) is 7.51. The maximum absolute atomic E-state index is 13.8. The highest BCUT2D eigenvalue weighted by Crippen LogP contribution is 2.39. The van der Waals surface area contributed by atoms with E-state index >= 15 is 0 Å². The number of unbranched alkanes of at least 4 members (excludes halogenated alkanes) is 4. The van der Waals surface area contributed by atoms with Crippen molar-refractivity contribution in [1.29, 1.82) is 0 Å². The van der Waals surface area contributed by atoms with Crippen LogP contribution in [0.15, 0.2) is 0 Å². The fourth-order valence-electron chi connectivity index (χ4n) is 3.76. The third-order valence-electron chi connectivity index (χ3n) is 5.42. The lowest BCUT2D eigenvalue weighted by Crippen LogP contribution is -2.27. The van der Waals surface area contributed by atoms with Crippen molar-refractivity contribution >= 4 is 11.8 Å².